The van der Waals surface area contributed by atoms with Crippen LogP contribution in [-0.4, -0.2) is 51.2 Å². The summed E-state index contributed by atoms with van der Waals surface area (Å²) in [4.78, 5) is 48.4. The number of benzene rings is 2. The number of carbonyl (C=O) groups is 3. The Kier molecular flexibility index (Phi) is 7.85. The molecule has 40 heavy (non-hydrogen) atoms. The Balaban J connectivity index is 1.43. The first kappa shape index (κ1) is 27.0. The van der Waals surface area contributed by atoms with Gasteiger partial charge in [-0.25, -0.2) is 9.78 Å². The van der Waals surface area contributed by atoms with Crippen molar-refractivity contribution < 1.29 is 24.2 Å². The molecular formula is C28H27ClN6O5. The summed E-state index contributed by atoms with van der Waals surface area (Å²) in [6.07, 6.45) is 5.18. The van der Waals surface area contributed by atoms with Gasteiger partial charge in [-0.3, -0.25) is 14.9 Å². The van der Waals surface area contributed by atoms with Crippen LogP contribution in [0.15, 0.2) is 60.9 Å². The van der Waals surface area contributed by atoms with Gasteiger partial charge in [-0.2, -0.15) is 0 Å². The first-order valence-electron chi connectivity index (χ1n) is 12.5. The Morgan fingerprint density at radius 3 is 2.90 bits per heavy atom. The Morgan fingerprint density at radius 2 is 2.08 bits per heavy atom. The van der Waals surface area contributed by atoms with Gasteiger partial charge in [0.2, 0.25) is 11.8 Å². The minimum Gasteiger partial charge on any atom is -0.453 e. The first-order chi connectivity index (χ1) is 19.3. The van der Waals surface area contributed by atoms with E-state index in [0.29, 0.717) is 39.9 Å². The van der Waals surface area contributed by atoms with E-state index >= 15 is 0 Å². The van der Waals surface area contributed by atoms with E-state index in [2.05, 4.69) is 35.6 Å². The molecule has 0 aliphatic carbocycles. The van der Waals surface area contributed by atoms with E-state index in [9.17, 15) is 19.5 Å². The number of carbonyl (C=O) groups excluding carboxylic acids is 3. The molecule has 0 fully saturated rings. The average Bonchev–Trinajstić information content (AvgIpc) is 3.55. The lowest BCUT2D eigenvalue weighted by molar-refractivity contribution is -0.121. The van der Waals surface area contributed by atoms with Gasteiger partial charge in [-0.1, -0.05) is 23.8 Å². The SMILES string of the molecule is COC(=O)Nc1ccc2c(c1)NC(=O)CC(O)C=CCC(NC(=O)Cc1c[nH]c3ccc(Cl)cc13)c1ncc-2[nH]1. The van der Waals surface area contributed by atoms with Crippen molar-refractivity contribution in [2.45, 2.75) is 31.4 Å². The standard InChI is InChI=1S/C28H27ClN6O5/c1-40-28(39)32-17-6-7-19-23(11-17)34-26(38)12-18(36)3-2-4-22(27-31-14-24(19)35-27)33-25(37)9-15-13-30-21-8-5-16(29)10-20(15)21/h2-3,5-8,10-11,13-14,18,22,30,36H,4,9,12H2,1H3,(H,31,35)(H,32,39)(H,33,37)(H,34,38). The zero-order valence-electron chi connectivity index (χ0n) is 21.5. The summed E-state index contributed by atoms with van der Waals surface area (Å²) in [5.74, 6) is -0.146. The predicted octanol–water partition coefficient (Wildman–Crippen LogP) is 4.44. The molecule has 206 valence electrons. The van der Waals surface area contributed by atoms with Crippen LogP contribution in [0.1, 0.15) is 30.3 Å². The number of H-pyrrole nitrogens is 2. The van der Waals surface area contributed by atoms with Crippen LogP contribution in [0.3, 0.4) is 0 Å². The number of halogens is 1. The summed E-state index contributed by atoms with van der Waals surface area (Å²) < 4.78 is 4.65. The quantitative estimate of drug-likeness (QED) is 0.202. The number of anilines is 2. The third-order valence-corrected chi connectivity index (χ3v) is 6.72. The third-order valence-electron chi connectivity index (χ3n) is 6.48. The number of ether oxygens (including phenoxy) is 1. The van der Waals surface area contributed by atoms with Gasteiger partial charge in [-0.15, -0.1) is 0 Å². The highest BCUT2D eigenvalue weighted by molar-refractivity contribution is 6.31. The second kappa shape index (κ2) is 11.6. The van der Waals surface area contributed by atoms with E-state index in [4.69, 9.17) is 11.6 Å². The topological polar surface area (TPSA) is 161 Å². The highest BCUT2D eigenvalue weighted by Crippen LogP contribution is 2.32. The van der Waals surface area contributed by atoms with Gasteiger partial charge < -0.3 is 30.4 Å². The maximum Gasteiger partial charge on any atom is 0.411 e. The average molecular weight is 563 g/mol. The van der Waals surface area contributed by atoms with Crippen LogP contribution in [0.2, 0.25) is 5.02 Å². The molecule has 3 heterocycles. The van der Waals surface area contributed by atoms with Crippen LogP contribution >= 0.6 is 11.6 Å². The van der Waals surface area contributed by atoms with E-state index < -0.39 is 24.1 Å². The van der Waals surface area contributed by atoms with Crippen LogP contribution in [-0.2, 0) is 20.7 Å². The minimum atomic E-state index is -1.04. The van der Waals surface area contributed by atoms with E-state index in [1.54, 1.807) is 42.7 Å². The lowest BCUT2D eigenvalue weighted by Gasteiger charge is -2.15. The van der Waals surface area contributed by atoms with Gasteiger partial charge in [0.1, 0.15) is 5.82 Å². The fraction of sp³-hybridized carbons (Fsp3) is 0.214. The monoisotopic (exact) mass is 562 g/mol. The molecule has 6 N–H and O–H groups in total. The smallest absolute Gasteiger partial charge is 0.411 e. The van der Waals surface area contributed by atoms with Gasteiger partial charge in [-0.05, 0) is 48.4 Å². The Hall–Kier alpha value is -4.61. The number of methoxy groups -OCH3 is 1. The number of aromatic nitrogens is 3. The molecule has 1 aliphatic rings. The first-order valence-corrected chi connectivity index (χ1v) is 12.9. The highest BCUT2D eigenvalue weighted by Gasteiger charge is 2.21. The number of hydrogen-bond acceptors (Lipinski definition) is 6. The molecular weight excluding hydrogens is 536 g/mol. The molecule has 0 saturated carbocycles. The molecule has 2 atom stereocenters. The molecule has 0 saturated heterocycles. The van der Waals surface area contributed by atoms with Gasteiger partial charge >= 0.3 is 6.09 Å². The summed E-state index contributed by atoms with van der Waals surface area (Å²) >= 11 is 6.15. The van der Waals surface area contributed by atoms with E-state index in [1.807, 2.05) is 12.1 Å². The zero-order chi connectivity index (χ0) is 28.2. The number of nitrogens with zero attached hydrogens (tertiary/aromatic N) is 1. The maximum absolute atomic E-state index is 13.1. The van der Waals surface area contributed by atoms with Crippen molar-refractivity contribution in [3.05, 3.63) is 77.4 Å². The summed E-state index contributed by atoms with van der Waals surface area (Å²) in [7, 11) is 1.25. The molecule has 2 aromatic heterocycles. The Bertz CT molecular complexity index is 1610. The van der Waals surface area contributed by atoms with E-state index in [1.165, 1.54) is 13.2 Å². The molecule has 0 spiro atoms. The number of nitrogens with one attached hydrogen (secondary N) is 5. The van der Waals surface area contributed by atoms with Crippen molar-refractivity contribution in [3.8, 4) is 11.3 Å². The zero-order valence-corrected chi connectivity index (χ0v) is 22.2. The second-order valence-electron chi connectivity index (χ2n) is 9.34. The van der Waals surface area contributed by atoms with Crippen molar-refractivity contribution in [1.29, 1.82) is 0 Å². The number of aliphatic hydroxyl groups is 1. The number of rotatable bonds is 4. The molecule has 2 aromatic carbocycles. The molecule has 0 radical (unpaired) electrons. The molecule has 11 nitrogen and oxygen atoms in total. The summed E-state index contributed by atoms with van der Waals surface area (Å²) in [5, 5.41) is 20.2. The normalized spacial score (nSPS) is 17.1. The van der Waals surface area contributed by atoms with Crippen molar-refractivity contribution in [2.24, 2.45) is 0 Å². The molecule has 4 aromatic rings. The number of hydrogen-bond donors (Lipinski definition) is 6. The van der Waals surface area contributed by atoms with Gasteiger partial charge in [0, 0.05) is 33.4 Å². The third kappa shape index (κ3) is 6.16. The fourth-order valence-corrected chi connectivity index (χ4v) is 4.74. The van der Waals surface area contributed by atoms with Gasteiger partial charge in [0.05, 0.1) is 49.7 Å². The number of fused-ring (bicyclic) bond motifs is 5. The molecule has 2 unspecified atom stereocenters. The van der Waals surface area contributed by atoms with Crippen molar-refractivity contribution in [1.82, 2.24) is 20.3 Å². The number of amides is 3. The summed E-state index contributed by atoms with van der Waals surface area (Å²) in [5.41, 5.74) is 3.67. The number of aromatic amines is 2. The Morgan fingerprint density at radius 1 is 1.23 bits per heavy atom. The maximum atomic E-state index is 13.1. The number of imidazole rings is 1. The van der Waals surface area contributed by atoms with E-state index in [-0.39, 0.29) is 18.7 Å². The van der Waals surface area contributed by atoms with E-state index in [0.717, 1.165) is 16.5 Å². The molecule has 2 bridgehead atoms. The van der Waals surface area contributed by atoms with Crippen molar-refractivity contribution in [2.75, 3.05) is 17.7 Å². The summed E-state index contributed by atoms with van der Waals surface area (Å²) in [6, 6.07) is 9.87. The van der Waals surface area contributed by atoms with Gasteiger partial charge in [0.15, 0.2) is 0 Å². The lowest BCUT2D eigenvalue weighted by atomic mass is 10.1. The van der Waals surface area contributed by atoms with Crippen LogP contribution in [0.5, 0.6) is 0 Å². The van der Waals surface area contributed by atoms with Crippen LogP contribution < -0.4 is 16.0 Å². The van der Waals surface area contributed by atoms with Crippen LogP contribution in [0, 0.1) is 0 Å². The molecule has 1 aliphatic heterocycles. The highest BCUT2D eigenvalue weighted by atomic mass is 35.5. The molecule has 3 amide bonds. The lowest BCUT2D eigenvalue weighted by Crippen LogP contribution is -2.30. The Labute approximate surface area is 234 Å². The number of aliphatic hydroxyl groups excluding tert-OH is 1. The van der Waals surface area contributed by atoms with Crippen LogP contribution in [0.25, 0.3) is 22.2 Å². The van der Waals surface area contributed by atoms with Crippen molar-refractivity contribution in [3.63, 3.8) is 0 Å². The second-order valence-corrected chi connectivity index (χ2v) is 9.78. The predicted molar refractivity (Wildman–Crippen MR) is 151 cm³/mol. The van der Waals surface area contributed by atoms with Crippen molar-refractivity contribution >= 4 is 51.8 Å². The molecule has 5 rings (SSSR count). The summed E-state index contributed by atoms with van der Waals surface area (Å²) in [6.45, 7) is 0. The largest absolute Gasteiger partial charge is 0.453 e. The minimum absolute atomic E-state index is 0.119. The van der Waals surface area contributed by atoms with Crippen LogP contribution in [0.4, 0.5) is 16.2 Å². The fourth-order valence-electron chi connectivity index (χ4n) is 4.56. The van der Waals surface area contributed by atoms with Gasteiger partial charge in [0.25, 0.3) is 0 Å². The molecule has 12 heteroatoms.